The Kier molecular flexibility index (Phi) is 6.65. The number of hydrogen-bond donors (Lipinski definition) is 1. The van der Waals surface area contributed by atoms with Gasteiger partial charge in [0, 0.05) is 5.56 Å². The fourth-order valence-electron chi connectivity index (χ4n) is 4.59. The fourth-order valence-corrected chi connectivity index (χ4v) is 4.59. The summed E-state index contributed by atoms with van der Waals surface area (Å²) in [6, 6.07) is 19.1. The molecule has 1 fully saturated rings. The van der Waals surface area contributed by atoms with Crippen molar-refractivity contribution < 1.29 is 24.2 Å². The minimum Gasteiger partial charge on any atom is -0.507 e. The van der Waals surface area contributed by atoms with E-state index in [2.05, 4.69) is 0 Å². The lowest BCUT2D eigenvalue weighted by molar-refractivity contribution is -0.132. The van der Waals surface area contributed by atoms with Crippen LogP contribution < -0.4 is 14.4 Å². The zero-order valence-corrected chi connectivity index (χ0v) is 20.5. The predicted octanol–water partition coefficient (Wildman–Crippen LogP) is 5.76. The molecule has 35 heavy (non-hydrogen) atoms. The second-order valence-corrected chi connectivity index (χ2v) is 8.82. The summed E-state index contributed by atoms with van der Waals surface area (Å²) in [6.45, 7) is 5.90. The Labute approximate surface area is 205 Å². The zero-order valence-electron chi connectivity index (χ0n) is 20.5. The molecule has 6 heteroatoms. The van der Waals surface area contributed by atoms with Gasteiger partial charge in [-0.3, -0.25) is 14.5 Å². The van der Waals surface area contributed by atoms with E-state index >= 15 is 0 Å². The van der Waals surface area contributed by atoms with Gasteiger partial charge in [-0.05, 0) is 53.8 Å². The van der Waals surface area contributed by atoms with Crippen molar-refractivity contribution >= 4 is 23.1 Å². The summed E-state index contributed by atoms with van der Waals surface area (Å²) in [5.41, 5.74) is 3.33. The Hall–Kier alpha value is -4.06. The van der Waals surface area contributed by atoms with Crippen molar-refractivity contribution in [3.8, 4) is 11.5 Å². The van der Waals surface area contributed by atoms with Crippen LogP contribution in [0.15, 0.2) is 72.3 Å². The average Bonchev–Trinajstić information content (AvgIpc) is 3.13. The van der Waals surface area contributed by atoms with Gasteiger partial charge in [-0.25, -0.2) is 0 Å². The molecule has 4 rings (SSSR count). The molecule has 1 atom stereocenters. The number of anilines is 1. The van der Waals surface area contributed by atoms with Gasteiger partial charge in [-0.2, -0.15) is 0 Å². The molecule has 1 aliphatic heterocycles. The van der Waals surface area contributed by atoms with Crippen molar-refractivity contribution in [3.05, 3.63) is 94.6 Å². The third-order valence-corrected chi connectivity index (χ3v) is 6.36. The molecule has 0 aromatic heterocycles. The maximum absolute atomic E-state index is 13.5. The quantitative estimate of drug-likeness (QED) is 0.281. The monoisotopic (exact) mass is 471 g/mol. The first-order chi connectivity index (χ1) is 16.8. The molecule has 0 bridgehead atoms. The van der Waals surface area contributed by atoms with Gasteiger partial charge in [0.15, 0.2) is 0 Å². The summed E-state index contributed by atoms with van der Waals surface area (Å²) in [5.74, 6) is -0.389. The third kappa shape index (κ3) is 4.16. The number of para-hydroxylation sites is 2. The van der Waals surface area contributed by atoms with E-state index in [0.29, 0.717) is 28.3 Å². The molecular weight excluding hydrogens is 442 g/mol. The topological polar surface area (TPSA) is 76.1 Å². The first-order valence-electron chi connectivity index (χ1n) is 11.5. The molecule has 1 heterocycles. The van der Waals surface area contributed by atoms with Crippen LogP contribution in [-0.2, 0) is 9.59 Å². The minimum atomic E-state index is -0.823. The number of rotatable bonds is 6. The number of ketones is 1. The Morgan fingerprint density at radius 2 is 1.54 bits per heavy atom. The first kappa shape index (κ1) is 24.1. The summed E-state index contributed by atoms with van der Waals surface area (Å²) in [6.07, 6.45) is 0. The van der Waals surface area contributed by atoms with Crippen LogP contribution in [0.25, 0.3) is 5.76 Å². The number of carbonyl (C=O) groups is 2. The Morgan fingerprint density at radius 3 is 2.17 bits per heavy atom. The number of aliphatic hydroxyl groups is 1. The van der Waals surface area contributed by atoms with E-state index < -0.39 is 17.7 Å². The number of Topliss-reactive ketones (excluding diaryl/α,β-unsaturated/α-hetero) is 1. The highest BCUT2D eigenvalue weighted by atomic mass is 16.5. The lowest BCUT2D eigenvalue weighted by atomic mass is 9.91. The van der Waals surface area contributed by atoms with Crippen molar-refractivity contribution in [2.75, 3.05) is 19.1 Å². The smallest absolute Gasteiger partial charge is 0.300 e. The Bertz CT molecular complexity index is 1310. The van der Waals surface area contributed by atoms with Crippen molar-refractivity contribution in [2.45, 2.75) is 32.7 Å². The molecule has 180 valence electrons. The number of nitrogens with zero attached hydrogens (tertiary/aromatic N) is 1. The van der Waals surface area contributed by atoms with E-state index in [0.717, 1.165) is 11.1 Å². The van der Waals surface area contributed by atoms with E-state index in [9.17, 15) is 14.7 Å². The van der Waals surface area contributed by atoms with Crippen LogP contribution in [0.1, 0.15) is 48.1 Å². The first-order valence-corrected chi connectivity index (χ1v) is 11.5. The number of aliphatic hydroxyl groups excluding tert-OH is 1. The highest BCUT2D eigenvalue weighted by molar-refractivity contribution is 6.52. The highest BCUT2D eigenvalue weighted by Crippen LogP contribution is 2.45. The third-order valence-electron chi connectivity index (χ3n) is 6.36. The van der Waals surface area contributed by atoms with Crippen LogP contribution in [0.3, 0.4) is 0 Å². The van der Waals surface area contributed by atoms with Gasteiger partial charge in [0.25, 0.3) is 11.7 Å². The molecular formula is C29H29NO5. The van der Waals surface area contributed by atoms with Crippen LogP contribution in [0.5, 0.6) is 11.5 Å². The van der Waals surface area contributed by atoms with Crippen molar-refractivity contribution in [2.24, 2.45) is 0 Å². The van der Waals surface area contributed by atoms with Crippen LogP contribution in [0, 0.1) is 6.92 Å². The fraction of sp³-hybridized carbons (Fsp3) is 0.241. The second-order valence-electron chi connectivity index (χ2n) is 8.82. The molecule has 1 N–H and O–H groups in total. The molecule has 3 aromatic carbocycles. The number of hydrogen-bond acceptors (Lipinski definition) is 5. The summed E-state index contributed by atoms with van der Waals surface area (Å²) >= 11 is 0. The summed E-state index contributed by atoms with van der Waals surface area (Å²) in [4.78, 5) is 28.3. The standard InChI is InChI=1S/C29H29NO5/c1-17(2)20-16-21(18(3)15-24(20)35-5)27(31)25-26(19-11-7-6-8-12-19)30(29(33)28(25)32)22-13-9-10-14-23(22)34-4/h6-17,26,31H,1-5H3/b27-25+. The van der Waals surface area contributed by atoms with Gasteiger partial charge in [0.2, 0.25) is 0 Å². The number of amides is 1. The Morgan fingerprint density at radius 1 is 0.914 bits per heavy atom. The van der Waals surface area contributed by atoms with Gasteiger partial charge in [-0.1, -0.05) is 56.3 Å². The molecule has 0 radical (unpaired) electrons. The summed E-state index contributed by atoms with van der Waals surface area (Å²) < 4.78 is 11.0. The number of aryl methyl sites for hydroxylation is 1. The molecule has 0 saturated carbocycles. The molecule has 3 aromatic rings. The van der Waals surface area contributed by atoms with Gasteiger partial charge in [0.1, 0.15) is 17.3 Å². The molecule has 0 spiro atoms. The van der Waals surface area contributed by atoms with Gasteiger partial charge in [0.05, 0.1) is 31.5 Å². The lowest BCUT2D eigenvalue weighted by Gasteiger charge is -2.27. The van der Waals surface area contributed by atoms with Crippen molar-refractivity contribution in [3.63, 3.8) is 0 Å². The van der Waals surface area contributed by atoms with Gasteiger partial charge < -0.3 is 14.6 Å². The van der Waals surface area contributed by atoms with Crippen molar-refractivity contribution in [1.29, 1.82) is 0 Å². The maximum atomic E-state index is 13.5. The SMILES string of the molecule is COc1cc(C)c(/C(O)=C2\C(=O)C(=O)N(c3ccccc3OC)C2c2ccccc2)cc1C(C)C. The van der Waals surface area contributed by atoms with Crippen LogP contribution >= 0.6 is 0 Å². The molecule has 6 nitrogen and oxygen atoms in total. The van der Waals surface area contributed by atoms with Crippen LogP contribution in [0.2, 0.25) is 0 Å². The molecule has 1 unspecified atom stereocenters. The normalized spacial score (nSPS) is 17.2. The maximum Gasteiger partial charge on any atom is 0.300 e. The number of carbonyl (C=O) groups excluding carboxylic acids is 2. The van der Waals surface area contributed by atoms with E-state index in [1.807, 2.05) is 63.2 Å². The van der Waals surface area contributed by atoms with Crippen LogP contribution in [-0.4, -0.2) is 31.0 Å². The average molecular weight is 472 g/mol. The second kappa shape index (κ2) is 9.66. The highest BCUT2D eigenvalue weighted by Gasteiger charge is 2.47. The van der Waals surface area contributed by atoms with Gasteiger partial charge >= 0.3 is 0 Å². The molecule has 1 amide bonds. The van der Waals surface area contributed by atoms with E-state index in [1.165, 1.54) is 12.0 Å². The van der Waals surface area contributed by atoms with E-state index in [4.69, 9.17) is 9.47 Å². The molecule has 1 saturated heterocycles. The van der Waals surface area contributed by atoms with Gasteiger partial charge in [-0.15, -0.1) is 0 Å². The number of benzene rings is 3. The van der Waals surface area contributed by atoms with Crippen molar-refractivity contribution in [1.82, 2.24) is 0 Å². The zero-order chi connectivity index (χ0) is 25.3. The summed E-state index contributed by atoms with van der Waals surface area (Å²) in [7, 11) is 3.12. The largest absolute Gasteiger partial charge is 0.507 e. The number of ether oxygens (including phenoxy) is 2. The predicted molar refractivity (Wildman–Crippen MR) is 136 cm³/mol. The lowest BCUT2D eigenvalue weighted by Crippen LogP contribution is -2.29. The number of methoxy groups -OCH3 is 2. The molecule has 0 aliphatic carbocycles. The van der Waals surface area contributed by atoms with E-state index in [1.54, 1.807) is 31.4 Å². The minimum absolute atomic E-state index is 0.0371. The summed E-state index contributed by atoms with van der Waals surface area (Å²) in [5, 5.41) is 11.6. The Balaban J connectivity index is 2.00. The van der Waals surface area contributed by atoms with E-state index in [-0.39, 0.29) is 17.3 Å². The van der Waals surface area contributed by atoms with Crippen LogP contribution in [0.4, 0.5) is 5.69 Å². The molecule has 1 aliphatic rings.